The van der Waals surface area contributed by atoms with Gasteiger partial charge in [-0.3, -0.25) is 0 Å². The summed E-state index contributed by atoms with van der Waals surface area (Å²) in [6.07, 6.45) is 31.3. The summed E-state index contributed by atoms with van der Waals surface area (Å²) in [5, 5.41) is 0. The first-order valence-corrected chi connectivity index (χ1v) is 21.9. The standard InChI is InChI=1S/C48H74O4/c1-5-7-9-15-39-21-25-41(26-22-39)17-11-13-19-43-29-33-45(34-30-43)47(49)51-37(3)38(4)52-48(50)46-35-31-44(32-36-46)20-14-12-18-42-27-23-40(24-28-42)16-10-8-6-2/h29-42H,5-28H2,1-4H3/t37-,38-,39?,40?,41?,42?/m1/s1. The second-order valence-electron chi connectivity index (χ2n) is 16.9. The van der Waals surface area contributed by atoms with Crippen molar-refractivity contribution in [3.05, 3.63) is 70.8 Å². The van der Waals surface area contributed by atoms with Crippen molar-refractivity contribution in [2.75, 3.05) is 0 Å². The lowest BCUT2D eigenvalue weighted by Gasteiger charge is -2.28. The van der Waals surface area contributed by atoms with Crippen LogP contribution in [0.2, 0.25) is 0 Å². The van der Waals surface area contributed by atoms with E-state index in [2.05, 4.69) is 38.1 Å². The summed E-state index contributed by atoms with van der Waals surface area (Å²) in [5.41, 5.74) is 3.60. The third-order valence-electron chi connectivity index (χ3n) is 12.6. The monoisotopic (exact) mass is 715 g/mol. The first kappa shape index (κ1) is 42.1. The molecule has 2 saturated carbocycles. The lowest BCUT2D eigenvalue weighted by molar-refractivity contribution is -0.0239. The summed E-state index contributed by atoms with van der Waals surface area (Å²) in [5.74, 6) is 3.06. The van der Waals surface area contributed by atoms with Crippen LogP contribution in [-0.2, 0) is 22.3 Å². The number of unbranched alkanes of at least 4 members (excludes halogenated alkanes) is 6. The molecule has 0 aliphatic heterocycles. The Morgan fingerprint density at radius 3 is 1.06 bits per heavy atom. The van der Waals surface area contributed by atoms with Gasteiger partial charge in [-0.2, -0.15) is 0 Å². The predicted octanol–water partition coefficient (Wildman–Crippen LogP) is 13.7. The van der Waals surface area contributed by atoms with Gasteiger partial charge < -0.3 is 9.47 Å². The number of ether oxygens (including phenoxy) is 2. The van der Waals surface area contributed by atoms with E-state index in [0.29, 0.717) is 11.1 Å². The van der Waals surface area contributed by atoms with E-state index in [9.17, 15) is 9.59 Å². The van der Waals surface area contributed by atoms with Crippen LogP contribution >= 0.6 is 0 Å². The van der Waals surface area contributed by atoms with Crippen LogP contribution in [0.3, 0.4) is 0 Å². The van der Waals surface area contributed by atoms with Gasteiger partial charge in [0, 0.05) is 0 Å². The molecule has 0 heterocycles. The van der Waals surface area contributed by atoms with Gasteiger partial charge in [-0.25, -0.2) is 9.59 Å². The zero-order valence-electron chi connectivity index (χ0n) is 33.7. The van der Waals surface area contributed by atoms with Gasteiger partial charge in [0.2, 0.25) is 0 Å². The molecule has 0 radical (unpaired) electrons. The number of carbonyl (C=O) groups excluding carboxylic acids is 2. The van der Waals surface area contributed by atoms with E-state index in [1.54, 1.807) is 13.8 Å². The molecular formula is C48H74O4. The van der Waals surface area contributed by atoms with Gasteiger partial charge in [0.15, 0.2) is 0 Å². The summed E-state index contributed by atoms with van der Waals surface area (Å²) in [4.78, 5) is 25.8. The molecule has 4 heteroatoms. The fraction of sp³-hybridized carbons (Fsp3) is 0.708. The topological polar surface area (TPSA) is 52.6 Å². The summed E-state index contributed by atoms with van der Waals surface area (Å²) in [7, 11) is 0. The number of aryl methyl sites for hydroxylation is 2. The van der Waals surface area contributed by atoms with Gasteiger partial charge in [0.25, 0.3) is 0 Å². The average molecular weight is 715 g/mol. The molecular weight excluding hydrogens is 641 g/mol. The second-order valence-corrected chi connectivity index (χ2v) is 16.9. The molecule has 2 aromatic carbocycles. The maximum Gasteiger partial charge on any atom is 0.338 e. The van der Waals surface area contributed by atoms with Crippen LogP contribution in [0.25, 0.3) is 0 Å². The molecule has 2 aliphatic carbocycles. The average Bonchev–Trinajstić information content (AvgIpc) is 3.17. The SMILES string of the molecule is CCCCCC1CCC(CCCCc2ccc(C(=O)O[C@H](C)[C@@H](C)OC(=O)c3ccc(CCCCC4CCC(CCCCC)CC4)cc3)cc2)CC1. The highest BCUT2D eigenvalue weighted by Gasteiger charge is 2.24. The Kier molecular flexibility index (Phi) is 19.4. The second kappa shape index (κ2) is 23.9. The quantitative estimate of drug-likeness (QED) is 0.0849. The largest absolute Gasteiger partial charge is 0.455 e. The zero-order chi connectivity index (χ0) is 37.0. The Bertz CT molecular complexity index is 1150. The highest BCUT2D eigenvalue weighted by atomic mass is 16.6. The van der Waals surface area contributed by atoms with Gasteiger partial charge in [-0.15, -0.1) is 0 Å². The van der Waals surface area contributed by atoms with Crippen LogP contribution in [0.1, 0.15) is 201 Å². The lowest BCUT2D eigenvalue weighted by atomic mass is 9.78. The highest BCUT2D eigenvalue weighted by molar-refractivity contribution is 5.90. The van der Waals surface area contributed by atoms with Gasteiger partial charge in [-0.05, 0) is 98.6 Å². The smallest absolute Gasteiger partial charge is 0.338 e. The first-order chi connectivity index (χ1) is 25.3. The van der Waals surface area contributed by atoms with Crippen LogP contribution in [0, 0.1) is 23.7 Å². The number of hydrogen-bond donors (Lipinski definition) is 0. The molecule has 0 saturated heterocycles. The van der Waals surface area contributed by atoms with Crippen LogP contribution in [-0.4, -0.2) is 24.1 Å². The van der Waals surface area contributed by atoms with Crippen molar-refractivity contribution >= 4 is 11.9 Å². The molecule has 0 unspecified atom stereocenters. The summed E-state index contributed by atoms with van der Waals surface area (Å²) >= 11 is 0. The maximum absolute atomic E-state index is 12.9. The Hall–Kier alpha value is -2.62. The van der Waals surface area contributed by atoms with Gasteiger partial charge >= 0.3 is 11.9 Å². The predicted molar refractivity (Wildman–Crippen MR) is 217 cm³/mol. The highest BCUT2D eigenvalue weighted by Crippen LogP contribution is 2.36. The van der Waals surface area contributed by atoms with Crippen LogP contribution in [0.15, 0.2) is 48.5 Å². The van der Waals surface area contributed by atoms with Crippen LogP contribution < -0.4 is 0 Å². The van der Waals surface area contributed by atoms with Crippen molar-refractivity contribution in [1.82, 2.24) is 0 Å². The number of benzene rings is 2. The molecule has 4 rings (SSSR count). The number of esters is 2. The van der Waals surface area contributed by atoms with Crippen molar-refractivity contribution in [3.8, 4) is 0 Å². The molecule has 0 N–H and O–H groups in total. The van der Waals surface area contributed by atoms with Gasteiger partial charge in [-0.1, -0.05) is 167 Å². The number of hydrogen-bond acceptors (Lipinski definition) is 4. The van der Waals surface area contributed by atoms with E-state index in [0.717, 1.165) is 36.5 Å². The fourth-order valence-corrected chi connectivity index (χ4v) is 8.79. The number of rotatable bonds is 23. The molecule has 0 amide bonds. The zero-order valence-corrected chi connectivity index (χ0v) is 33.7. The van der Waals surface area contributed by atoms with Gasteiger partial charge in [0.05, 0.1) is 11.1 Å². The molecule has 290 valence electrons. The van der Waals surface area contributed by atoms with E-state index < -0.39 is 12.2 Å². The van der Waals surface area contributed by atoms with E-state index in [1.165, 1.54) is 152 Å². The third kappa shape index (κ3) is 15.4. The van der Waals surface area contributed by atoms with E-state index in [4.69, 9.17) is 9.47 Å². The van der Waals surface area contributed by atoms with Crippen molar-refractivity contribution in [2.24, 2.45) is 23.7 Å². The van der Waals surface area contributed by atoms with E-state index in [1.807, 2.05) is 24.3 Å². The summed E-state index contributed by atoms with van der Waals surface area (Å²) in [6, 6.07) is 15.7. The summed E-state index contributed by atoms with van der Waals surface area (Å²) in [6.45, 7) is 8.16. The van der Waals surface area contributed by atoms with Crippen LogP contribution in [0.4, 0.5) is 0 Å². The number of carbonyl (C=O) groups is 2. The van der Waals surface area contributed by atoms with Crippen molar-refractivity contribution in [3.63, 3.8) is 0 Å². The van der Waals surface area contributed by atoms with Crippen molar-refractivity contribution in [2.45, 2.75) is 194 Å². The molecule has 52 heavy (non-hydrogen) atoms. The fourth-order valence-electron chi connectivity index (χ4n) is 8.79. The normalized spacial score (nSPS) is 21.7. The minimum absolute atomic E-state index is 0.383. The lowest BCUT2D eigenvalue weighted by Crippen LogP contribution is -2.30. The molecule has 4 nitrogen and oxygen atoms in total. The minimum Gasteiger partial charge on any atom is -0.455 e. The molecule has 2 aliphatic rings. The minimum atomic E-state index is -0.557. The Balaban J connectivity index is 1.06. The molecule has 2 aromatic rings. The third-order valence-corrected chi connectivity index (χ3v) is 12.6. The van der Waals surface area contributed by atoms with Crippen molar-refractivity contribution < 1.29 is 19.1 Å². The van der Waals surface area contributed by atoms with Crippen LogP contribution in [0.5, 0.6) is 0 Å². The Morgan fingerprint density at radius 2 is 0.769 bits per heavy atom. The maximum atomic E-state index is 12.9. The Morgan fingerprint density at radius 1 is 0.481 bits per heavy atom. The first-order valence-electron chi connectivity index (χ1n) is 21.9. The Labute approximate surface area is 318 Å². The molecule has 2 atom stereocenters. The van der Waals surface area contributed by atoms with Gasteiger partial charge in [0.1, 0.15) is 12.2 Å². The molecule has 0 bridgehead atoms. The molecule has 0 aromatic heterocycles. The molecule has 0 spiro atoms. The van der Waals surface area contributed by atoms with Crippen molar-refractivity contribution in [1.29, 1.82) is 0 Å². The molecule has 2 fully saturated rings. The van der Waals surface area contributed by atoms with E-state index in [-0.39, 0.29) is 11.9 Å². The van der Waals surface area contributed by atoms with E-state index >= 15 is 0 Å². The summed E-state index contributed by atoms with van der Waals surface area (Å²) < 4.78 is 11.4.